The number of hydrogen-bond acceptors (Lipinski definition) is 9. The Kier molecular flexibility index (Phi) is 9.49. The predicted octanol–water partition coefficient (Wildman–Crippen LogP) is 5.43. The summed E-state index contributed by atoms with van der Waals surface area (Å²) in [5, 5.41) is 23.4. The van der Waals surface area contributed by atoms with E-state index in [0.717, 1.165) is 10.2 Å². The second-order valence-electron chi connectivity index (χ2n) is 7.80. The van der Waals surface area contributed by atoms with Gasteiger partial charge in [-0.3, -0.25) is 9.36 Å². The zero-order valence-corrected chi connectivity index (χ0v) is 25.0. The maximum absolute atomic E-state index is 12.6. The van der Waals surface area contributed by atoms with Gasteiger partial charge < -0.3 is 19.3 Å². The Bertz CT molecular complexity index is 1490. The summed E-state index contributed by atoms with van der Waals surface area (Å²) >= 11 is 7.83. The number of methoxy groups -OCH3 is 3. The quantitative estimate of drug-likeness (QED) is 0.130. The number of nitrogens with one attached hydrogen (secondary N) is 1. The number of carbonyl (C=O) groups is 1. The molecule has 0 aliphatic carbocycles. The van der Waals surface area contributed by atoms with Gasteiger partial charge in [-0.05, 0) is 52.3 Å². The third-order valence-corrected chi connectivity index (χ3v) is 7.34. The molecule has 1 aromatic heterocycles. The van der Waals surface area contributed by atoms with Gasteiger partial charge in [0.05, 0.1) is 37.8 Å². The molecule has 4 rings (SSSR count). The van der Waals surface area contributed by atoms with Crippen molar-refractivity contribution >= 4 is 55.7 Å². The number of amides is 1. The molecule has 13 heteroatoms. The Labute approximate surface area is 245 Å². The van der Waals surface area contributed by atoms with Crippen LogP contribution in [0.4, 0.5) is 0 Å². The molecule has 0 atom stereocenters. The number of hydrogen-bond donors (Lipinski definition) is 2. The Morgan fingerprint density at radius 1 is 1.05 bits per heavy atom. The van der Waals surface area contributed by atoms with Crippen molar-refractivity contribution in [1.82, 2.24) is 20.2 Å². The lowest BCUT2D eigenvalue weighted by molar-refractivity contribution is -0.118. The number of benzene rings is 3. The Balaban J connectivity index is 1.59. The summed E-state index contributed by atoms with van der Waals surface area (Å²) in [5.74, 6) is 1.62. The molecular weight excluding hydrogens is 654 g/mol. The average molecular weight is 677 g/mol. The first-order chi connectivity index (χ1) is 18.9. The number of phenols is 1. The van der Waals surface area contributed by atoms with E-state index in [0.29, 0.717) is 43.8 Å². The van der Waals surface area contributed by atoms with Gasteiger partial charge in [-0.25, -0.2) is 5.43 Å². The number of aromatic nitrogens is 3. The van der Waals surface area contributed by atoms with Gasteiger partial charge in [0.2, 0.25) is 5.75 Å². The summed E-state index contributed by atoms with van der Waals surface area (Å²) in [4.78, 5) is 12.6. The highest BCUT2D eigenvalue weighted by atomic mass is 79.9. The maximum Gasteiger partial charge on any atom is 0.250 e. The highest BCUT2D eigenvalue weighted by molar-refractivity contribution is 9.11. The van der Waals surface area contributed by atoms with Crippen molar-refractivity contribution in [3.05, 3.63) is 69.1 Å². The van der Waals surface area contributed by atoms with Crippen LogP contribution in [0.3, 0.4) is 0 Å². The topological polar surface area (TPSA) is 120 Å². The molecular formula is C26H23Br2N5O5S. The van der Waals surface area contributed by atoms with Gasteiger partial charge in [-0.1, -0.05) is 45.9 Å². The average Bonchev–Trinajstić information content (AvgIpc) is 3.38. The smallest absolute Gasteiger partial charge is 0.250 e. The van der Waals surface area contributed by atoms with Crippen LogP contribution in [-0.4, -0.2) is 59.1 Å². The van der Waals surface area contributed by atoms with Gasteiger partial charge in [0.25, 0.3) is 5.91 Å². The van der Waals surface area contributed by atoms with Crippen molar-refractivity contribution in [2.75, 3.05) is 27.1 Å². The van der Waals surface area contributed by atoms with Crippen molar-refractivity contribution in [2.45, 2.75) is 5.16 Å². The second-order valence-corrected chi connectivity index (χ2v) is 10.5. The third-order valence-electron chi connectivity index (χ3n) is 5.35. The molecule has 0 saturated heterocycles. The first-order valence-corrected chi connectivity index (χ1v) is 13.9. The molecule has 4 aromatic rings. The molecule has 0 saturated carbocycles. The fourth-order valence-corrected chi connectivity index (χ4v) is 5.59. The molecule has 10 nitrogen and oxygen atoms in total. The van der Waals surface area contributed by atoms with Gasteiger partial charge in [-0.15, -0.1) is 10.2 Å². The summed E-state index contributed by atoms with van der Waals surface area (Å²) in [5.41, 5.74) is 4.40. The van der Waals surface area contributed by atoms with E-state index in [1.54, 1.807) is 38.5 Å². The zero-order valence-electron chi connectivity index (χ0n) is 21.0. The SMILES string of the molecule is COc1cc(-c2nnc(SCC(=O)NN=Cc3cc(Br)cc(Br)c3O)n2-c2ccccc2)cc(OC)c1OC. The van der Waals surface area contributed by atoms with E-state index < -0.39 is 0 Å². The highest BCUT2D eigenvalue weighted by Crippen LogP contribution is 2.41. The lowest BCUT2D eigenvalue weighted by Crippen LogP contribution is -2.20. The van der Waals surface area contributed by atoms with Gasteiger partial charge >= 0.3 is 0 Å². The third kappa shape index (κ3) is 6.54. The van der Waals surface area contributed by atoms with Crippen LogP contribution in [-0.2, 0) is 4.79 Å². The Morgan fingerprint density at radius 2 is 1.74 bits per heavy atom. The molecule has 0 aliphatic heterocycles. The molecule has 1 heterocycles. The Hall–Kier alpha value is -3.55. The lowest BCUT2D eigenvalue weighted by Gasteiger charge is -2.15. The number of para-hydroxylation sites is 1. The molecule has 3 aromatic carbocycles. The monoisotopic (exact) mass is 675 g/mol. The van der Waals surface area contributed by atoms with Crippen LogP contribution < -0.4 is 19.6 Å². The molecule has 0 fully saturated rings. The fraction of sp³-hybridized carbons (Fsp3) is 0.154. The number of carbonyl (C=O) groups excluding carboxylic acids is 1. The molecule has 0 spiro atoms. The molecule has 0 unspecified atom stereocenters. The van der Waals surface area contributed by atoms with Gasteiger partial charge in [0.15, 0.2) is 22.5 Å². The zero-order chi connectivity index (χ0) is 27.9. The number of rotatable bonds is 10. The first kappa shape index (κ1) is 28.5. The molecule has 202 valence electrons. The molecule has 1 amide bonds. The van der Waals surface area contributed by atoms with E-state index in [-0.39, 0.29) is 17.4 Å². The van der Waals surface area contributed by atoms with E-state index in [4.69, 9.17) is 14.2 Å². The summed E-state index contributed by atoms with van der Waals surface area (Å²) in [7, 11) is 4.63. The van der Waals surface area contributed by atoms with E-state index in [2.05, 4.69) is 52.6 Å². The van der Waals surface area contributed by atoms with Gasteiger partial charge in [0.1, 0.15) is 5.75 Å². The number of nitrogens with zero attached hydrogens (tertiary/aromatic N) is 4. The minimum Gasteiger partial charge on any atom is -0.506 e. The van der Waals surface area contributed by atoms with Crippen LogP contribution >= 0.6 is 43.6 Å². The number of phenolic OH excluding ortho intramolecular Hbond substituents is 1. The molecule has 39 heavy (non-hydrogen) atoms. The largest absolute Gasteiger partial charge is 0.506 e. The normalized spacial score (nSPS) is 11.0. The van der Waals surface area contributed by atoms with Crippen LogP contribution in [0.5, 0.6) is 23.0 Å². The number of halogens is 2. The lowest BCUT2D eigenvalue weighted by atomic mass is 10.1. The van der Waals surface area contributed by atoms with Crippen LogP contribution in [0.1, 0.15) is 5.56 Å². The second kappa shape index (κ2) is 13.0. The summed E-state index contributed by atoms with van der Waals surface area (Å²) in [6.07, 6.45) is 1.36. The summed E-state index contributed by atoms with van der Waals surface area (Å²) in [6, 6.07) is 16.5. The summed E-state index contributed by atoms with van der Waals surface area (Å²) < 4.78 is 19.6. The maximum atomic E-state index is 12.6. The fourth-order valence-electron chi connectivity index (χ4n) is 3.59. The van der Waals surface area contributed by atoms with Crippen molar-refractivity contribution in [1.29, 1.82) is 0 Å². The van der Waals surface area contributed by atoms with Crippen molar-refractivity contribution in [3.8, 4) is 40.1 Å². The molecule has 0 aliphatic rings. The van der Waals surface area contributed by atoms with E-state index in [1.807, 2.05) is 34.9 Å². The number of aromatic hydroxyl groups is 1. The molecule has 0 bridgehead atoms. The summed E-state index contributed by atoms with van der Waals surface area (Å²) in [6.45, 7) is 0. The number of ether oxygens (including phenoxy) is 3. The van der Waals surface area contributed by atoms with E-state index >= 15 is 0 Å². The predicted molar refractivity (Wildman–Crippen MR) is 156 cm³/mol. The van der Waals surface area contributed by atoms with E-state index in [1.165, 1.54) is 25.1 Å². The van der Waals surface area contributed by atoms with Gasteiger partial charge in [-0.2, -0.15) is 5.10 Å². The molecule has 2 N–H and O–H groups in total. The minimum atomic E-state index is -0.359. The first-order valence-electron chi connectivity index (χ1n) is 11.3. The van der Waals surface area contributed by atoms with Crippen LogP contribution in [0, 0.1) is 0 Å². The molecule has 0 radical (unpaired) electrons. The van der Waals surface area contributed by atoms with Crippen molar-refractivity contribution in [3.63, 3.8) is 0 Å². The van der Waals surface area contributed by atoms with E-state index in [9.17, 15) is 9.90 Å². The van der Waals surface area contributed by atoms with Crippen LogP contribution in [0.25, 0.3) is 17.1 Å². The van der Waals surface area contributed by atoms with Crippen molar-refractivity contribution in [2.24, 2.45) is 5.10 Å². The van der Waals surface area contributed by atoms with Gasteiger partial charge in [0, 0.05) is 21.3 Å². The van der Waals surface area contributed by atoms with Crippen molar-refractivity contribution < 1.29 is 24.1 Å². The number of thioether (sulfide) groups is 1. The van der Waals surface area contributed by atoms with Crippen LogP contribution in [0.15, 0.2) is 73.8 Å². The standard InChI is InChI=1S/C26H23Br2N5O5S/c1-36-20-10-15(11-21(37-2)24(20)38-3)25-31-32-26(33(25)18-7-5-4-6-8-18)39-14-22(34)30-29-13-16-9-17(27)12-19(28)23(16)35/h4-13,35H,14H2,1-3H3,(H,30,34). The highest BCUT2D eigenvalue weighted by Gasteiger charge is 2.21. The number of hydrazone groups is 1. The Morgan fingerprint density at radius 3 is 2.38 bits per heavy atom. The van der Waals surface area contributed by atoms with Crippen LogP contribution in [0.2, 0.25) is 0 Å². The minimum absolute atomic E-state index is 0.0147.